The molecular weight excluding hydrogens is 559 g/mol. The molecule has 35 heavy (non-hydrogen) atoms. The summed E-state index contributed by atoms with van der Waals surface area (Å²) in [5, 5.41) is 2.00. The van der Waals surface area contributed by atoms with Crippen LogP contribution in [0.25, 0.3) is 6.08 Å². The summed E-state index contributed by atoms with van der Waals surface area (Å²) in [6.07, 6.45) is -8.11. The third-order valence-corrected chi connectivity index (χ3v) is 7.08. The number of carbonyl (C=O) groups is 1. The molecule has 0 aliphatic heterocycles. The van der Waals surface area contributed by atoms with Gasteiger partial charge in [-0.1, -0.05) is 59.9 Å². The highest BCUT2D eigenvalue weighted by molar-refractivity contribution is 7.99. The van der Waals surface area contributed by atoms with Crippen molar-refractivity contribution < 1.29 is 31.1 Å². The predicted octanol–water partition coefficient (Wildman–Crippen LogP) is 8.90. The Kier molecular flexibility index (Phi) is 10.3. The standard InChI is InChI=1S/C23H20Cl3F6NOS/c1-3-35-11-12(2)33-21(34)15-6-4-13(8-17(15)23(30,31)32)5-7-16(22(27,28)29)14-9-18(24)20(26)19(25)10-14/h4-10,12,16H,3,11H2,1-2H3,(H,33,34)/b7-5+/t12-,16?/m1/s1. The van der Waals surface area contributed by atoms with Gasteiger partial charge < -0.3 is 5.32 Å². The molecule has 0 spiro atoms. The third-order valence-electron chi connectivity index (χ3n) is 4.74. The Labute approximate surface area is 218 Å². The lowest BCUT2D eigenvalue weighted by atomic mass is 9.96. The highest BCUT2D eigenvalue weighted by atomic mass is 35.5. The molecule has 1 unspecified atom stereocenters. The SMILES string of the molecule is CCSC[C@@H](C)NC(=O)c1ccc(/C=C/C(c2cc(Cl)c(Cl)c(Cl)c2)C(F)(F)F)cc1C(F)(F)F. The molecule has 0 heterocycles. The van der Waals surface area contributed by atoms with Crippen LogP contribution in [0.2, 0.25) is 15.1 Å². The lowest BCUT2D eigenvalue weighted by Gasteiger charge is -2.19. The number of benzene rings is 2. The second-order valence-electron chi connectivity index (χ2n) is 7.51. The molecule has 0 aliphatic carbocycles. The first-order valence-electron chi connectivity index (χ1n) is 10.1. The zero-order valence-corrected chi connectivity index (χ0v) is 21.4. The van der Waals surface area contributed by atoms with Gasteiger partial charge in [0.2, 0.25) is 0 Å². The fraction of sp³-hybridized carbons (Fsp3) is 0.348. The van der Waals surface area contributed by atoms with Crippen LogP contribution >= 0.6 is 46.6 Å². The van der Waals surface area contributed by atoms with E-state index >= 15 is 0 Å². The lowest BCUT2D eigenvalue weighted by Crippen LogP contribution is -2.35. The van der Waals surface area contributed by atoms with Crippen molar-refractivity contribution in [3.63, 3.8) is 0 Å². The van der Waals surface area contributed by atoms with E-state index in [0.717, 1.165) is 36.1 Å². The van der Waals surface area contributed by atoms with E-state index < -0.39 is 35.3 Å². The summed E-state index contributed by atoms with van der Waals surface area (Å²) < 4.78 is 82.2. The summed E-state index contributed by atoms with van der Waals surface area (Å²) in [5.74, 6) is -1.84. The summed E-state index contributed by atoms with van der Waals surface area (Å²) in [4.78, 5) is 12.4. The van der Waals surface area contributed by atoms with Crippen LogP contribution in [0.15, 0.2) is 36.4 Å². The van der Waals surface area contributed by atoms with Crippen LogP contribution in [0.4, 0.5) is 26.3 Å². The van der Waals surface area contributed by atoms with Gasteiger partial charge in [-0.25, -0.2) is 0 Å². The summed E-state index contributed by atoms with van der Waals surface area (Å²) >= 11 is 19.0. The molecule has 0 radical (unpaired) electrons. The van der Waals surface area contributed by atoms with Crippen LogP contribution in [0, 0.1) is 0 Å². The summed E-state index contributed by atoms with van der Waals surface area (Å²) in [7, 11) is 0. The first-order valence-corrected chi connectivity index (χ1v) is 12.4. The number of hydrogen-bond donors (Lipinski definition) is 1. The van der Waals surface area contributed by atoms with E-state index in [9.17, 15) is 31.1 Å². The molecule has 0 aromatic heterocycles. The highest BCUT2D eigenvalue weighted by Gasteiger charge is 2.40. The molecule has 2 aromatic rings. The molecule has 192 valence electrons. The van der Waals surface area contributed by atoms with Gasteiger partial charge in [-0.2, -0.15) is 38.1 Å². The van der Waals surface area contributed by atoms with Gasteiger partial charge in [-0.3, -0.25) is 4.79 Å². The number of allylic oxidation sites excluding steroid dienone is 1. The van der Waals surface area contributed by atoms with Crippen molar-refractivity contribution >= 4 is 58.5 Å². The summed E-state index contributed by atoms with van der Waals surface area (Å²) in [5.41, 5.74) is -2.39. The zero-order valence-electron chi connectivity index (χ0n) is 18.3. The van der Waals surface area contributed by atoms with Crippen molar-refractivity contribution in [3.8, 4) is 0 Å². The Bertz CT molecular complexity index is 1060. The largest absolute Gasteiger partial charge is 0.417 e. The van der Waals surface area contributed by atoms with Crippen molar-refractivity contribution in [2.75, 3.05) is 11.5 Å². The number of hydrogen-bond acceptors (Lipinski definition) is 2. The molecule has 1 N–H and O–H groups in total. The molecule has 0 aliphatic rings. The van der Waals surface area contributed by atoms with E-state index in [4.69, 9.17) is 34.8 Å². The summed E-state index contributed by atoms with van der Waals surface area (Å²) in [6, 6.07) is 4.32. The number of rotatable bonds is 8. The van der Waals surface area contributed by atoms with Gasteiger partial charge in [-0.05, 0) is 48.1 Å². The van der Waals surface area contributed by atoms with Gasteiger partial charge in [0.15, 0.2) is 0 Å². The van der Waals surface area contributed by atoms with Crippen LogP contribution in [-0.4, -0.2) is 29.6 Å². The maximum absolute atomic E-state index is 13.7. The molecule has 2 rings (SSSR count). The van der Waals surface area contributed by atoms with E-state index in [1.807, 2.05) is 6.92 Å². The molecule has 0 saturated heterocycles. The van der Waals surface area contributed by atoms with Gasteiger partial charge in [-0.15, -0.1) is 0 Å². The van der Waals surface area contributed by atoms with Gasteiger partial charge in [0.1, 0.15) is 0 Å². The molecule has 0 fully saturated rings. The fourth-order valence-corrected chi connectivity index (χ4v) is 4.39. The van der Waals surface area contributed by atoms with Gasteiger partial charge in [0.05, 0.1) is 32.1 Å². The van der Waals surface area contributed by atoms with Crippen LogP contribution in [0.1, 0.15) is 46.8 Å². The second kappa shape index (κ2) is 12.1. The van der Waals surface area contributed by atoms with Crippen molar-refractivity contribution in [1.29, 1.82) is 0 Å². The Morgan fingerprint density at radius 2 is 1.66 bits per heavy atom. The van der Waals surface area contributed by atoms with Crippen molar-refractivity contribution in [2.45, 2.75) is 38.2 Å². The Balaban J connectivity index is 2.42. The third kappa shape index (κ3) is 8.23. The molecule has 2 nitrogen and oxygen atoms in total. The first kappa shape index (κ1) is 29.7. The smallest absolute Gasteiger partial charge is 0.349 e. The summed E-state index contributed by atoms with van der Waals surface area (Å²) in [6.45, 7) is 3.57. The lowest BCUT2D eigenvalue weighted by molar-refractivity contribution is -0.139. The molecule has 1 amide bonds. The zero-order chi connectivity index (χ0) is 26.6. The fourth-order valence-electron chi connectivity index (χ4n) is 3.11. The Morgan fingerprint density at radius 1 is 1.06 bits per heavy atom. The monoisotopic (exact) mass is 577 g/mol. The predicted molar refractivity (Wildman–Crippen MR) is 131 cm³/mol. The van der Waals surface area contributed by atoms with Crippen LogP contribution < -0.4 is 5.32 Å². The topological polar surface area (TPSA) is 29.1 Å². The molecular formula is C23H20Cl3F6NOS. The molecule has 2 aromatic carbocycles. The average Bonchev–Trinajstić information content (AvgIpc) is 2.74. The second-order valence-corrected chi connectivity index (χ2v) is 10.0. The van der Waals surface area contributed by atoms with E-state index in [1.54, 1.807) is 6.92 Å². The Hall–Kier alpha value is -1.55. The van der Waals surface area contributed by atoms with E-state index in [0.29, 0.717) is 17.9 Å². The van der Waals surface area contributed by atoms with E-state index in [2.05, 4.69) is 5.32 Å². The van der Waals surface area contributed by atoms with Gasteiger partial charge in [0, 0.05) is 11.8 Å². The maximum atomic E-state index is 13.7. The number of thioether (sulfide) groups is 1. The molecule has 12 heteroatoms. The number of nitrogens with one attached hydrogen (secondary N) is 1. The van der Waals surface area contributed by atoms with E-state index in [-0.39, 0.29) is 32.2 Å². The number of alkyl halides is 6. The van der Waals surface area contributed by atoms with Crippen molar-refractivity contribution in [1.82, 2.24) is 5.32 Å². The number of halogens is 9. The molecule has 0 saturated carbocycles. The minimum atomic E-state index is -4.90. The van der Waals surface area contributed by atoms with Crippen LogP contribution in [0.5, 0.6) is 0 Å². The quantitative estimate of drug-likeness (QED) is 0.250. The number of amides is 1. The van der Waals surface area contributed by atoms with Gasteiger partial charge in [0.25, 0.3) is 5.91 Å². The Morgan fingerprint density at radius 3 is 2.17 bits per heavy atom. The van der Waals surface area contributed by atoms with Crippen LogP contribution in [-0.2, 0) is 6.18 Å². The normalized spacial score (nSPS) is 14.3. The molecule has 2 atom stereocenters. The van der Waals surface area contributed by atoms with Crippen LogP contribution in [0.3, 0.4) is 0 Å². The number of carbonyl (C=O) groups excluding carboxylic acids is 1. The minimum Gasteiger partial charge on any atom is -0.349 e. The van der Waals surface area contributed by atoms with Gasteiger partial charge >= 0.3 is 12.4 Å². The minimum absolute atomic E-state index is 0.117. The highest BCUT2D eigenvalue weighted by Crippen LogP contribution is 2.41. The van der Waals surface area contributed by atoms with E-state index in [1.165, 1.54) is 11.8 Å². The van der Waals surface area contributed by atoms with Crippen molar-refractivity contribution in [2.24, 2.45) is 0 Å². The molecule has 0 bridgehead atoms. The first-order chi connectivity index (χ1) is 16.1. The average molecular weight is 579 g/mol. The van der Waals surface area contributed by atoms with Crippen molar-refractivity contribution in [3.05, 3.63) is 73.7 Å². The maximum Gasteiger partial charge on any atom is 0.417 e.